The minimum Gasteiger partial charge on any atom is -0.310 e. The van der Waals surface area contributed by atoms with Gasteiger partial charge >= 0.3 is 0 Å². The highest BCUT2D eigenvalue weighted by atomic mass is 79.9. The maximum absolute atomic E-state index is 13.0. The molecule has 1 unspecified atom stereocenters. The Hall–Kier alpha value is -1.19. The summed E-state index contributed by atoms with van der Waals surface area (Å²) in [7, 11) is 0. The summed E-state index contributed by atoms with van der Waals surface area (Å²) in [6.07, 6.45) is 0.888. The van der Waals surface area contributed by atoms with Crippen molar-refractivity contribution >= 4 is 15.9 Å². The summed E-state index contributed by atoms with van der Waals surface area (Å²) in [5.74, 6) is -0.193. The van der Waals surface area contributed by atoms with Crippen LogP contribution in [0.15, 0.2) is 53.0 Å². The van der Waals surface area contributed by atoms with Gasteiger partial charge in [0.15, 0.2) is 0 Å². The van der Waals surface area contributed by atoms with Crippen molar-refractivity contribution in [2.24, 2.45) is 0 Å². The van der Waals surface area contributed by atoms with Crippen LogP contribution in [0.1, 0.15) is 24.1 Å². The van der Waals surface area contributed by atoms with Gasteiger partial charge in [-0.05, 0) is 48.4 Å². The average Bonchev–Trinajstić information content (AvgIpc) is 2.39. The molecule has 0 fully saturated rings. The molecule has 1 atom stereocenters. The first-order chi connectivity index (χ1) is 9.19. The van der Waals surface area contributed by atoms with E-state index in [0.717, 1.165) is 23.0 Å². The maximum atomic E-state index is 13.0. The summed E-state index contributed by atoms with van der Waals surface area (Å²) in [4.78, 5) is 0. The van der Waals surface area contributed by atoms with Gasteiger partial charge in [0.1, 0.15) is 5.82 Å². The first-order valence-electron chi connectivity index (χ1n) is 6.42. The SMILES string of the molecule is CCNC(Cc1cccc(Br)c1)c1ccc(F)cc1. The highest BCUT2D eigenvalue weighted by Crippen LogP contribution is 2.21. The normalized spacial score (nSPS) is 12.4. The van der Waals surface area contributed by atoms with Crippen molar-refractivity contribution in [2.45, 2.75) is 19.4 Å². The molecular formula is C16H17BrFN. The Morgan fingerprint density at radius 3 is 2.53 bits per heavy atom. The van der Waals surface area contributed by atoms with Gasteiger partial charge < -0.3 is 5.32 Å². The van der Waals surface area contributed by atoms with Crippen LogP contribution in [0.4, 0.5) is 4.39 Å². The molecule has 0 aliphatic rings. The summed E-state index contributed by atoms with van der Waals surface area (Å²) >= 11 is 3.49. The second-order valence-electron chi connectivity index (χ2n) is 4.50. The molecule has 0 radical (unpaired) electrons. The number of likely N-dealkylation sites (N-methyl/N-ethyl adjacent to an activating group) is 1. The second kappa shape index (κ2) is 6.83. The van der Waals surface area contributed by atoms with E-state index in [1.54, 1.807) is 0 Å². The van der Waals surface area contributed by atoms with E-state index < -0.39 is 0 Å². The van der Waals surface area contributed by atoms with Gasteiger partial charge in [0, 0.05) is 10.5 Å². The lowest BCUT2D eigenvalue weighted by Gasteiger charge is -2.18. The van der Waals surface area contributed by atoms with E-state index in [4.69, 9.17) is 0 Å². The second-order valence-corrected chi connectivity index (χ2v) is 5.41. The molecule has 0 bridgehead atoms. The predicted molar refractivity (Wildman–Crippen MR) is 80.7 cm³/mol. The number of hydrogen-bond acceptors (Lipinski definition) is 1. The monoisotopic (exact) mass is 321 g/mol. The molecular weight excluding hydrogens is 305 g/mol. The summed E-state index contributed by atoms with van der Waals surface area (Å²) in [6, 6.07) is 15.2. The number of benzene rings is 2. The summed E-state index contributed by atoms with van der Waals surface area (Å²) in [5.41, 5.74) is 2.37. The van der Waals surface area contributed by atoms with Gasteiger partial charge in [-0.2, -0.15) is 0 Å². The molecule has 2 aromatic rings. The van der Waals surface area contributed by atoms with Gasteiger partial charge in [-0.3, -0.25) is 0 Å². The van der Waals surface area contributed by atoms with Gasteiger partial charge in [0.2, 0.25) is 0 Å². The Bertz CT molecular complexity index is 525. The minimum atomic E-state index is -0.193. The van der Waals surface area contributed by atoms with Crippen molar-refractivity contribution in [1.82, 2.24) is 5.32 Å². The molecule has 19 heavy (non-hydrogen) atoms. The van der Waals surface area contributed by atoms with Gasteiger partial charge in [-0.1, -0.05) is 47.1 Å². The zero-order valence-corrected chi connectivity index (χ0v) is 12.5. The summed E-state index contributed by atoms with van der Waals surface area (Å²) < 4.78 is 14.1. The van der Waals surface area contributed by atoms with E-state index in [1.807, 2.05) is 24.3 Å². The minimum absolute atomic E-state index is 0.193. The van der Waals surface area contributed by atoms with Crippen LogP contribution in [-0.4, -0.2) is 6.54 Å². The molecule has 0 aromatic heterocycles. The molecule has 100 valence electrons. The lowest BCUT2D eigenvalue weighted by atomic mass is 9.99. The smallest absolute Gasteiger partial charge is 0.123 e. The fourth-order valence-electron chi connectivity index (χ4n) is 2.15. The molecule has 0 spiro atoms. The van der Waals surface area contributed by atoms with Gasteiger partial charge in [0.25, 0.3) is 0 Å². The predicted octanol–water partition coefficient (Wildman–Crippen LogP) is 4.48. The standard InChI is InChI=1S/C16H17BrFN/c1-2-19-16(13-6-8-15(18)9-7-13)11-12-4-3-5-14(17)10-12/h3-10,16,19H,2,11H2,1H3. The fraction of sp³-hybridized carbons (Fsp3) is 0.250. The topological polar surface area (TPSA) is 12.0 Å². The van der Waals surface area contributed by atoms with Gasteiger partial charge in [0.05, 0.1) is 0 Å². The molecule has 1 nitrogen and oxygen atoms in total. The van der Waals surface area contributed by atoms with Crippen molar-refractivity contribution in [3.63, 3.8) is 0 Å². The highest BCUT2D eigenvalue weighted by molar-refractivity contribution is 9.10. The van der Waals surface area contributed by atoms with Crippen LogP contribution in [0.3, 0.4) is 0 Å². The number of halogens is 2. The van der Waals surface area contributed by atoms with Crippen LogP contribution >= 0.6 is 15.9 Å². The van der Waals surface area contributed by atoms with Gasteiger partial charge in [-0.15, -0.1) is 0 Å². The van der Waals surface area contributed by atoms with E-state index in [1.165, 1.54) is 17.7 Å². The van der Waals surface area contributed by atoms with Crippen LogP contribution < -0.4 is 5.32 Å². The highest BCUT2D eigenvalue weighted by Gasteiger charge is 2.11. The van der Waals surface area contributed by atoms with Crippen LogP contribution in [0, 0.1) is 5.82 Å². The quantitative estimate of drug-likeness (QED) is 0.856. The number of rotatable bonds is 5. The lowest BCUT2D eigenvalue weighted by Crippen LogP contribution is -2.22. The largest absolute Gasteiger partial charge is 0.310 e. The Kier molecular flexibility index (Phi) is 5.11. The molecule has 0 heterocycles. The zero-order valence-electron chi connectivity index (χ0n) is 10.9. The Morgan fingerprint density at radius 1 is 1.16 bits per heavy atom. The molecule has 0 aliphatic carbocycles. The molecule has 0 amide bonds. The molecule has 1 N–H and O–H groups in total. The average molecular weight is 322 g/mol. The van der Waals surface area contributed by atoms with E-state index in [2.05, 4.69) is 40.3 Å². The Balaban J connectivity index is 2.18. The zero-order chi connectivity index (χ0) is 13.7. The fourth-order valence-corrected chi connectivity index (χ4v) is 2.60. The Morgan fingerprint density at radius 2 is 1.89 bits per heavy atom. The molecule has 0 saturated carbocycles. The van der Waals surface area contributed by atoms with Crippen LogP contribution in [-0.2, 0) is 6.42 Å². The maximum Gasteiger partial charge on any atom is 0.123 e. The van der Waals surface area contributed by atoms with Crippen molar-refractivity contribution in [3.8, 4) is 0 Å². The van der Waals surface area contributed by atoms with Crippen molar-refractivity contribution in [2.75, 3.05) is 6.54 Å². The van der Waals surface area contributed by atoms with E-state index in [-0.39, 0.29) is 11.9 Å². The van der Waals surface area contributed by atoms with Gasteiger partial charge in [-0.25, -0.2) is 4.39 Å². The third-order valence-corrected chi connectivity index (χ3v) is 3.55. The molecule has 2 aromatic carbocycles. The lowest BCUT2D eigenvalue weighted by molar-refractivity contribution is 0.547. The Labute approximate surface area is 122 Å². The first kappa shape index (κ1) is 14.2. The molecule has 2 rings (SSSR count). The third-order valence-electron chi connectivity index (χ3n) is 3.05. The van der Waals surface area contributed by atoms with Crippen LogP contribution in [0.2, 0.25) is 0 Å². The van der Waals surface area contributed by atoms with Crippen molar-refractivity contribution in [3.05, 3.63) is 69.9 Å². The third kappa shape index (κ3) is 4.15. The van der Waals surface area contributed by atoms with Crippen LogP contribution in [0.5, 0.6) is 0 Å². The molecule has 0 saturated heterocycles. The summed E-state index contributed by atoms with van der Waals surface area (Å²) in [6.45, 7) is 2.97. The van der Waals surface area contributed by atoms with E-state index in [9.17, 15) is 4.39 Å². The van der Waals surface area contributed by atoms with Crippen LogP contribution in [0.25, 0.3) is 0 Å². The first-order valence-corrected chi connectivity index (χ1v) is 7.21. The van der Waals surface area contributed by atoms with E-state index >= 15 is 0 Å². The number of nitrogens with one attached hydrogen (secondary N) is 1. The van der Waals surface area contributed by atoms with Crippen molar-refractivity contribution in [1.29, 1.82) is 0 Å². The molecule has 0 aliphatic heterocycles. The van der Waals surface area contributed by atoms with Crippen molar-refractivity contribution < 1.29 is 4.39 Å². The van der Waals surface area contributed by atoms with E-state index in [0.29, 0.717) is 0 Å². The number of hydrogen-bond donors (Lipinski definition) is 1. The summed E-state index contributed by atoms with van der Waals surface area (Å²) in [5, 5.41) is 3.45. The molecule has 3 heteroatoms.